The Labute approximate surface area is 157 Å². The normalized spacial score (nSPS) is 16.6. The van der Waals surface area contributed by atoms with Crippen LogP contribution in [0, 0.1) is 0 Å². The van der Waals surface area contributed by atoms with Gasteiger partial charge in [-0.25, -0.2) is 0 Å². The molecule has 0 unspecified atom stereocenters. The highest BCUT2D eigenvalue weighted by atomic mass is 32.1. The molecule has 4 rings (SSSR count). The molecule has 2 aromatic carbocycles. The number of carbonyl (C=O) groups is 1. The molecule has 0 fully saturated rings. The lowest BCUT2D eigenvalue weighted by molar-refractivity contribution is -0.127. The lowest BCUT2D eigenvalue weighted by Crippen LogP contribution is -2.39. The predicted molar refractivity (Wildman–Crippen MR) is 105 cm³/mol. The van der Waals surface area contributed by atoms with Crippen LogP contribution in [0.1, 0.15) is 34.5 Å². The number of para-hydroxylation sites is 1. The minimum absolute atomic E-state index is 0.0702. The minimum atomic E-state index is -0.468. The number of hydrogen-bond donors (Lipinski definition) is 1. The monoisotopic (exact) mass is 363 g/mol. The molecule has 0 radical (unpaired) electrons. The topological polar surface area (TPSA) is 38.3 Å². The second-order valence-corrected chi connectivity index (χ2v) is 7.45. The third-order valence-corrected chi connectivity index (χ3v) is 5.71. The molecule has 1 aliphatic rings. The quantitative estimate of drug-likeness (QED) is 0.724. The Morgan fingerprint density at radius 1 is 1.15 bits per heavy atom. The highest BCUT2D eigenvalue weighted by Crippen LogP contribution is 2.30. The van der Waals surface area contributed by atoms with Crippen molar-refractivity contribution in [2.45, 2.75) is 31.9 Å². The molecule has 3 nitrogen and oxygen atoms in total. The second kappa shape index (κ2) is 7.34. The summed E-state index contributed by atoms with van der Waals surface area (Å²) >= 11 is 1.65. The van der Waals surface area contributed by atoms with E-state index in [4.69, 9.17) is 4.74 Å². The van der Waals surface area contributed by atoms with Crippen LogP contribution in [0.4, 0.5) is 0 Å². The van der Waals surface area contributed by atoms with Gasteiger partial charge in [0.1, 0.15) is 5.75 Å². The van der Waals surface area contributed by atoms with Gasteiger partial charge in [0.2, 0.25) is 0 Å². The van der Waals surface area contributed by atoms with E-state index in [1.54, 1.807) is 11.3 Å². The van der Waals surface area contributed by atoms with E-state index < -0.39 is 6.10 Å². The lowest BCUT2D eigenvalue weighted by atomic mass is 10.0. The Balaban J connectivity index is 1.54. The van der Waals surface area contributed by atoms with Crippen molar-refractivity contribution in [1.29, 1.82) is 0 Å². The molecule has 0 saturated heterocycles. The zero-order chi connectivity index (χ0) is 17.9. The van der Waals surface area contributed by atoms with Crippen LogP contribution in [0.3, 0.4) is 0 Å². The van der Waals surface area contributed by atoms with E-state index in [0.29, 0.717) is 6.42 Å². The van der Waals surface area contributed by atoms with E-state index in [2.05, 4.69) is 42.6 Å². The summed E-state index contributed by atoms with van der Waals surface area (Å²) in [6.45, 7) is 2.14. The summed E-state index contributed by atoms with van der Waals surface area (Å²) < 4.78 is 5.85. The summed E-state index contributed by atoms with van der Waals surface area (Å²) in [6, 6.07) is 20.2. The van der Waals surface area contributed by atoms with Gasteiger partial charge < -0.3 is 10.1 Å². The number of aryl methyl sites for hydroxylation is 1. The third kappa shape index (κ3) is 3.37. The summed E-state index contributed by atoms with van der Waals surface area (Å²) in [4.78, 5) is 14.0. The molecule has 132 valence electrons. The molecule has 0 bridgehead atoms. The summed E-state index contributed by atoms with van der Waals surface area (Å²) in [5.41, 5.74) is 3.47. The number of hydrogen-bond acceptors (Lipinski definition) is 3. The van der Waals surface area contributed by atoms with Gasteiger partial charge in [-0.05, 0) is 40.6 Å². The molecule has 26 heavy (non-hydrogen) atoms. The fourth-order valence-electron chi connectivity index (χ4n) is 3.28. The number of thiophene rings is 1. The van der Waals surface area contributed by atoms with Crippen molar-refractivity contribution in [3.8, 4) is 5.75 Å². The van der Waals surface area contributed by atoms with Crippen LogP contribution in [0.15, 0.2) is 66.0 Å². The number of fused-ring (bicyclic) bond motifs is 1. The molecular formula is C22H21NO2S. The van der Waals surface area contributed by atoms with Crippen molar-refractivity contribution in [3.05, 3.63) is 87.6 Å². The van der Waals surface area contributed by atoms with Gasteiger partial charge in [0.25, 0.3) is 5.91 Å². The van der Waals surface area contributed by atoms with Crippen LogP contribution >= 0.6 is 11.3 Å². The molecule has 0 saturated carbocycles. The Morgan fingerprint density at radius 2 is 1.96 bits per heavy atom. The van der Waals surface area contributed by atoms with Gasteiger partial charge in [-0.15, -0.1) is 11.3 Å². The maximum absolute atomic E-state index is 12.9. The van der Waals surface area contributed by atoms with Gasteiger partial charge in [-0.3, -0.25) is 4.79 Å². The third-order valence-electron chi connectivity index (χ3n) is 4.78. The van der Waals surface area contributed by atoms with Gasteiger partial charge in [0.15, 0.2) is 6.10 Å². The van der Waals surface area contributed by atoms with Crippen LogP contribution in [-0.4, -0.2) is 12.0 Å². The van der Waals surface area contributed by atoms with Crippen LogP contribution in [0.25, 0.3) is 0 Å². The van der Waals surface area contributed by atoms with Crippen molar-refractivity contribution in [2.75, 3.05) is 0 Å². The molecule has 1 amide bonds. The highest BCUT2D eigenvalue weighted by molar-refractivity contribution is 7.10. The zero-order valence-electron chi connectivity index (χ0n) is 14.6. The maximum atomic E-state index is 12.9. The van der Waals surface area contributed by atoms with Gasteiger partial charge >= 0.3 is 0 Å². The van der Waals surface area contributed by atoms with Crippen molar-refractivity contribution >= 4 is 17.2 Å². The first-order valence-corrected chi connectivity index (χ1v) is 9.79. The average molecular weight is 363 g/mol. The standard InChI is InChI=1S/C22H21NO2S/c1-2-15-9-11-16(12-10-15)21(20-8-5-13-26-20)23-22(24)19-14-17-6-3-4-7-18(17)25-19/h3-13,19,21H,2,14H2,1H3,(H,23,24)/t19-,21-/m1/s1. The van der Waals surface area contributed by atoms with Crippen LogP contribution in [-0.2, 0) is 17.6 Å². The highest BCUT2D eigenvalue weighted by Gasteiger charge is 2.31. The Hall–Kier alpha value is -2.59. The van der Waals surface area contributed by atoms with Gasteiger partial charge in [-0.1, -0.05) is 55.5 Å². The van der Waals surface area contributed by atoms with Gasteiger partial charge in [-0.2, -0.15) is 0 Å². The first-order valence-electron chi connectivity index (χ1n) is 8.91. The van der Waals surface area contributed by atoms with E-state index in [0.717, 1.165) is 28.2 Å². The van der Waals surface area contributed by atoms with E-state index >= 15 is 0 Å². The van der Waals surface area contributed by atoms with Crippen molar-refractivity contribution in [1.82, 2.24) is 5.32 Å². The van der Waals surface area contributed by atoms with Gasteiger partial charge in [0.05, 0.1) is 6.04 Å². The predicted octanol–water partition coefficient (Wildman–Crippen LogP) is 4.52. The Morgan fingerprint density at radius 3 is 2.65 bits per heavy atom. The summed E-state index contributed by atoms with van der Waals surface area (Å²) in [5, 5.41) is 5.23. The number of benzene rings is 2. The van der Waals surface area contributed by atoms with Crippen LogP contribution in [0.2, 0.25) is 0 Å². The van der Waals surface area contributed by atoms with Crippen molar-refractivity contribution < 1.29 is 9.53 Å². The van der Waals surface area contributed by atoms with Crippen molar-refractivity contribution in [3.63, 3.8) is 0 Å². The van der Waals surface area contributed by atoms with E-state index in [1.165, 1.54) is 5.56 Å². The molecule has 0 aliphatic carbocycles. The van der Waals surface area contributed by atoms with E-state index in [-0.39, 0.29) is 11.9 Å². The molecular weight excluding hydrogens is 342 g/mol. The number of nitrogens with one attached hydrogen (secondary N) is 1. The van der Waals surface area contributed by atoms with Crippen LogP contribution in [0.5, 0.6) is 5.75 Å². The summed E-state index contributed by atoms with van der Waals surface area (Å²) in [6.07, 6.45) is 1.16. The molecule has 3 aromatic rings. The first-order chi connectivity index (χ1) is 12.7. The fraction of sp³-hybridized carbons (Fsp3) is 0.227. The van der Waals surface area contributed by atoms with Gasteiger partial charge in [0, 0.05) is 11.3 Å². The van der Waals surface area contributed by atoms with Crippen molar-refractivity contribution in [2.24, 2.45) is 0 Å². The zero-order valence-corrected chi connectivity index (χ0v) is 15.5. The van der Waals surface area contributed by atoms with Crippen LogP contribution < -0.4 is 10.1 Å². The molecule has 1 aliphatic heterocycles. The van der Waals surface area contributed by atoms with E-state index in [9.17, 15) is 4.79 Å². The fourth-order valence-corrected chi connectivity index (χ4v) is 4.09. The maximum Gasteiger partial charge on any atom is 0.262 e. The smallest absolute Gasteiger partial charge is 0.262 e. The Bertz CT molecular complexity index is 862. The number of rotatable bonds is 5. The molecule has 1 aromatic heterocycles. The average Bonchev–Trinajstić information content (AvgIpc) is 3.35. The minimum Gasteiger partial charge on any atom is -0.480 e. The SMILES string of the molecule is CCc1ccc([C@@H](NC(=O)[C@H]2Cc3ccccc3O2)c2cccs2)cc1. The molecule has 0 spiro atoms. The molecule has 4 heteroatoms. The number of amides is 1. The number of ether oxygens (including phenoxy) is 1. The molecule has 2 atom stereocenters. The molecule has 2 heterocycles. The summed E-state index contributed by atoms with van der Waals surface area (Å²) in [7, 11) is 0. The largest absolute Gasteiger partial charge is 0.480 e. The van der Waals surface area contributed by atoms with E-state index in [1.807, 2.05) is 35.7 Å². The second-order valence-electron chi connectivity index (χ2n) is 6.47. The first kappa shape index (κ1) is 16.9. The lowest BCUT2D eigenvalue weighted by Gasteiger charge is -2.20. The number of carbonyl (C=O) groups excluding carboxylic acids is 1. The molecule has 1 N–H and O–H groups in total. The summed E-state index contributed by atoms with van der Waals surface area (Å²) in [5.74, 6) is 0.742. The Kier molecular flexibility index (Phi) is 4.76.